The lowest BCUT2D eigenvalue weighted by atomic mass is 10.3. The Morgan fingerprint density at radius 1 is 0.714 bits per heavy atom. The van der Waals surface area contributed by atoms with E-state index in [1.807, 2.05) is 73.7 Å². The van der Waals surface area contributed by atoms with Gasteiger partial charge in [-0.15, -0.1) is 0 Å². The van der Waals surface area contributed by atoms with Gasteiger partial charge < -0.3 is 14.9 Å². The molecule has 2 aliphatic rings. The zero-order chi connectivity index (χ0) is 18.9. The van der Waals surface area contributed by atoms with Crippen LogP contribution in [0.5, 0.6) is 5.75 Å². The van der Waals surface area contributed by atoms with E-state index in [0.29, 0.717) is 12.4 Å². The molecule has 5 heterocycles. The summed E-state index contributed by atoms with van der Waals surface area (Å²) < 4.78 is 0. The molecule has 0 amide bonds. The van der Waals surface area contributed by atoms with Crippen molar-refractivity contribution in [3.05, 3.63) is 65.2 Å². The maximum absolute atomic E-state index is 5.44. The molecule has 5 rings (SSSR count). The minimum Gasteiger partial charge on any atom is -0.355 e. The van der Waals surface area contributed by atoms with E-state index in [2.05, 4.69) is 19.9 Å². The first-order valence-corrected chi connectivity index (χ1v) is 9.13. The average molecular weight is 370 g/mol. The minimum atomic E-state index is 0.460. The van der Waals surface area contributed by atoms with Gasteiger partial charge >= 0.3 is 0 Å². The van der Waals surface area contributed by atoms with Gasteiger partial charge in [0.2, 0.25) is 0 Å². The van der Waals surface area contributed by atoms with Crippen LogP contribution in [0.25, 0.3) is 46.4 Å². The molecular formula is C22H18N4O2. The van der Waals surface area contributed by atoms with Crippen LogP contribution in [0.3, 0.4) is 0 Å². The minimum absolute atomic E-state index is 0.460. The van der Waals surface area contributed by atoms with Crippen molar-refractivity contribution in [2.45, 2.75) is 6.92 Å². The Morgan fingerprint density at radius 3 is 2.07 bits per heavy atom. The molecule has 0 aromatic carbocycles. The quantitative estimate of drug-likeness (QED) is 0.347. The Morgan fingerprint density at radius 2 is 1.36 bits per heavy atom. The Balaban J connectivity index is 1.79. The maximum atomic E-state index is 5.44. The van der Waals surface area contributed by atoms with Crippen molar-refractivity contribution in [2.75, 3.05) is 6.61 Å². The standard InChI is InChI=1S/C22H18N4O2/c1-2-27-28-22-13-20-11-18-6-5-16(24-18)9-14-3-4-15(23-14)10-17-7-8-19(25-17)12-21(22)26-20/h3-13,24,26H,2H2,1H3. The molecule has 28 heavy (non-hydrogen) atoms. The molecule has 0 fully saturated rings. The zero-order valence-electron chi connectivity index (χ0n) is 15.3. The normalized spacial score (nSPS) is 12.5. The molecule has 2 N–H and O–H groups in total. The van der Waals surface area contributed by atoms with Crippen molar-refractivity contribution in [2.24, 2.45) is 0 Å². The van der Waals surface area contributed by atoms with E-state index in [0.717, 1.165) is 44.8 Å². The van der Waals surface area contributed by atoms with Crippen LogP contribution in [0.4, 0.5) is 0 Å². The van der Waals surface area contributed by atoms with Gasteiger partial charge in [0.1, 0.15) is 0 Å². The lowest BCUT2D eigenvalue weighted by Gasteiger charge is -1.99. The number of H-pyrrole nitrogens is 2. The third-order valence-electron chi connectivity index (χ3n) is 4.40. The van der Waals surface area contributed by atoms with Gasteiger partial charge in [-0.25, -0.2) is 9.97 Å². The van der Waals surface area contributed by atoms with E-state index < -0.39 is 0 Å². The van der Waals surface area contributed by atoms with Crippen molar-refractivity contribution in [3.63, 3.8) is 0 Å². The largest absolute Gasteiger partial charge is 0.355 e. The fraction of sp³-hybridized carbons (Fsp3) is 0.0909. The fourth-order valence-electron chi connectivity index (χ4n) is 3.18. The predicted octanol–water partition coefficient (Wildman–Crippen LogP) is 4.99. The number of aromatic amines is 2. The summed E-state index contributed by atoms with van der Waals surface area (Å²) in [7, 11) is 0. The van der Waals surface area contributed by atoms with E-state index >= 15 is 0 Å². The SMILES string of the molecule is CCOOc1cc2cc3ccc(cc4nc(cc5nc(cc1[nH]2)C=C5)C=C4)[nH]3. The van der Waals surface area contributed by atoms with Gasteiger partial charge in [0.25, 0.3) is 0 Å². The summed E-state index contributed by atoms with van der Waals surface area (Å²) in [5.41, 5.74) is 7.12. The second-order valence-electron chi connectivity index (χ2n) is 6.53. The molecule has 0 unspecified atom stereocenters. The van der Waals surface area contributed by atoms with Crippen molar-refractivity contribution < 1.29 is 9.78 Å². The fourth-order valence-corrected chi connectivity index (χ4v) is 3.18. The summed E-state index contributed by atoms with van der Waals surface area (Å²) in [6.45, 7) is 2.34. The Labute approximate surface area is 161 Å². The number of hydrogen-bond donors (Lipinski definition) is 2. The molecule has 8 bridgehead atoms. The van der Waals surface area contributed by atoms with Crippen molar-refractivity contribution in [1.82, 2.24) is 19.9 Å². The Hall–Kier alpha value is -3.64. The summed E-state index contributed by atoms with van der Waals surface area (Å²) >= 11 is 0. The molecule has 0 saturated carbocycles. The van der Waals surface area contributed by atoms with Crippen LogP contribution in [0.1, 0.15) is 29.7 Å². The third kappa shape index (κ3) is 3.33. The van der Waals surface area contributed by atoms with Crippen molar-refractivity contribution in [1.29, 1.82) is 0 Å². The maximum Gasteiger partial charge on any atom is 0.190 e. The number of hydrogen-bond acceptors (Lipinski definition) is 4. The lowest BCUT2D eigenvalue weighted by molar-refractivity contribution is -0.200. The summed E-state index contributed by atoms with van der Waals surface area (Å²) in [6.07, 6.45) is 7.92. The summed E-state index contributed by atoms with van der Waals surface area (Å²) in [6, 6.07) is 13.9. The van der Waals surface area contributed by atoms with Crippen LogP contribution < -0.4 is 4.89 Å². The van der Waals surface area contributed by atoms with E-state index in [4.69, 9.17) is 9.78 Å². The van der Waals surface area contributed by atoms with Gasteiger partial charge in [0.15, 0.2) is 5.75 Å². The van der Waals surface area contributed by atoms with Gasteiger partial charge in [-0.2, -0.15) is 4.89 Å². The molecule has 6 nitrogen and oxygen atoms in total. The number of nitrogens with zero attached hydrogens (tertiary/aromatic N) is 2. The molecule has 2 aliphatic heterocycles. The van der Waals surface area contributed by atoms with Gasteiger partial charge in [-0.05, 0) is 67.6 Å². The van der Waals surface area contributed by atoms with Crippen molar-refractivity contribution in [3.8, 4) is 5.75 Å². The third-order valence-corrected chi connectivity index (χ3v) is 4.40. The van der Waals surface area contributed by atoms with Crippen LogP contribution in [-0.2, 0) is 4.89 Å². The van der Waals surface area contributed by atoms with Crippen LogP contribution >= 0.6 is 0 Å². The van der Waals surface area contributed by atoms with Gasteiger partial charge in [-0.3, -0.25) is 0 Å². The summed E-state index contributed by atoms with van der Waals surface area (Å²) in [5, 5.41) is 0. The first kappa shape index (κ1) is 16.5. The molecule has 3 aromatic heterocycles. The number of fused-ring (bicyclic) bond motifs is 8. The van der Waals surface area contributed by atoms with Crippen molar-refractivity contribution >= 4 is 46.4 Å². The van der Waals surface area contributed by atoms with Gasteiger partial charge in [0.05, 0.1) is 34.9 Å². The average Bonchev–Trinajstić information content (AvgIpc) is 3.45. The topological polar surface area (TPSA) is 75.8 Å². The molecule has 0 aliphatic carbocycles. The first-order valence-electron chi connectivity index (χ1n) is 9.13. The van der Waals surface area contributed by atoms with Gasteiger partial charge in [-0.1, -0.05) is 0 Å². The first-order chi connectivity index (χ1) is 13.7. The highest BCUT2D eigenvalue weighted by molar-refractivity contribution is 5.79. The van der Waals surface area contributed by atoms with E-state index in [1.54, 1.807) is 0 Å². The highest BCUT2D eigenvalue weighted by atomic mass is 17.2. The molecular weight excluding hydrogens is 352 g/mol. The second-order valence-corrected chi connectivity index (χ2v) is 6.53. The monoisotopic (exact) mass is 370 g/mol. The highest BCUT2D eigenvalue weighted by Crippen LogP contribution is 2.24. The highest BCUT2D eigenvalue weighted by Gasteiger charge is 2.06. The molecule has 0 spiro atoms. The number of rotatable bonds is 3. The number of aromatic nitrogens is 4. The summed E-state index contributed by atoms with van der Waals surface area (Å²) in [4.78, 5) is 26.6. The van der Waals surface area contributed by atoms with Crippen LogP contribution in [0.15, 0.2) is 42.5 Å². The molecule has 6 heteroatoms. The molecule has 0 atom stereocenters. The van der Waals surface area contributed by atoms with Crippen LogP contribution in [-0.4, -0.2) is 26.5 Å². The molecule has 3 aromatic rings. The lowest BCUT2D eigenvalue weighted by Crippen LogP contribution is -1.94. The predicted molar refractivity (Wildman–Crippen MR) is 111 cm³/mol. The Bertz CT molecular complexity index is 1260. The van der Waals surface area contributed by atoms with Gasteiger partial charge in [0, 0.05) is 22.6 Å². The number of nitrogens with one attached hydrogen (secondary N) is 2. The second kappa shape index (κ2) is 6.83. The van der Waals surface area contributed by atoms with E-state index in [-0.39, 0.29) is 0 Å². The smallest absolute Gasteiger partial charge is 0.190 e. The molecule has 0 radical (unpaired) electrons. The van der Waals surface area contributed by atoms with E-state index in [1.165, 1.54) is 0 Å². The molecule has 0 saturated heterocycles. The molecule has 138 valence electrons. The van der Waals surface area contributed by atoms with E-state index in [9.17, 15) is 0 Å². The zero-order valence-corrected chi connectivity index (χ0v) is 15.3. The van der Waals surface area contributed by atoms with Crippen LogP contribution in [0.2, 0.25) is 0 Å². The van der Waals surface area contributed by atoms with Crippen LogP contribution in [0, 0.1) is 0 Å². The Kier molecular flexibility index (Phi) is 4.03. The summed E-state index contributed by atoms with van der Waals surface area (Å²) in [5.74, 6) is 0.617.